The molecule has 146 valence electrons. The summed E-state index contributed by atoms with van der Waals surface area (Å²) in [4.78, 5) is 12.1. The molecule has 4 rings (SSSR count). The summed E-state index contributed by atoms with van der Waals surface area (Å²) in [7, 11) is 0. The number of hydrogen-bond acceptors (Lipinski definition) is 3. The lowest BCUT2D eigenvalue weighted by Crippen LogP contribution is -2.26. The molecule has 0 fully saturated rings. The van der Waals surface area contributed by atoms with Gasteiger partial charge in [0.15, 0.2) is 5.82 Å². The van der Waals surface area contributed by atoms with Gasteiger partial charge in [0.25, 0.3) is 0 Å². The largest absolute Gasteiger partial charge is 0.449 e. The first-order chi connectivity index (χ1) is 14.1. The second-order valence-corrected chi connectivity index (χ2v) is 6.86. The summed E-state index contributed by atoms with van der Waals surface area (Å²) in [5, 5.41) is 2.66. The van der Waals surface area contributed by atoms with Gasteiger partial charge in [-0.05, 0) is 28.3 Å². The van der Waals surface area contributed by atoms with Crippen LogP contribution in [0.2, 0.25) is 0 Å². The van der Waals surface area contributed by atoms with E-state index < -0.39 is 11.9 Å². The smallest absolute Gasteiger partial charge is 0.407 e. The average molecular weight is 388 g/mol. The van der Waals surface area contributed by atoms with Crippen molar-refractivity contribution < 1.29 is 13.9 Å². The molecule has 0 bridgehead atoms. The number of halogens is 1. The topological polar surface area (TPSA) is 64.3 Å². The molecule has 0 spiro atoms. The maximum Gasteiger partial charge on any atom is 0.407 e. The minimum atomic E-state index is -0.510. The highest BCUT2D eigenvalue weighted by atomic mass is 19.1. The molecule has 3 N–H and O–H groups in total. The van der Waals surface area contributed by atoms with Gasteiger partial charge in [-0.2, -0.15) is 0 Å². The predicted octanol–water partition coefficient (Wildman–Crippen LogP) is 4.96. The van der Waals surface area contributed by atoms with Crippen molar-refractivity contribution in [2.24, 2.45) is 0 Å². The number of amides is 1. The van der Waals surface area contributed by atoms with Crippen molar-refractivity contribution in [3.05, 3.63) is 95.3 Å². The Labute approximate surface area is 168 Å². The molecule has 0 saturated heterocycles. The molecule has 0 radical (unpaired) electrons. The molecule has 0 heterocycles. The minimum absolute atomic E-state index is 0.0186. The van der Waals surface area contributed by atoms with Crippen LogP contribution in [0.15, 0.2) is 72.8 Å². The van der Waals surface area contributed by atoms with Crippen LogP contribution in [-0.2, 0) is 4.74 Å². The third-order valence-corrected chi connectivity index (χ3v) is 5.06. The number of hydrogen-bond donors (Lipinski definition) is 2. The van der Waals surface area contributed by atoms with E-state index in [9.17, 15) is 9.18 Å². The van der Waals surface area contributed by atoms with Crippen LogP contribution in [0.1, 0.15) is 22.6 Å². The van der Waals surface area contributed by atoms with Gasteiger partial charge in [0.2, 0.25) is 0 Å². The number of fused-ring (bicyclic) bond motifs is 3. The van der Waals surface area contributed by atoms with Gasteiger partial charge in [0.05, 0.1) is 5.69 Å². The van der Waals surface area contributed by atoms with Crippen molar-refractivity contribution in [2.45, 2.75) is 5.92 Å². The third-order valence-electron chi connectivity index (χ3n) is 5.06. The van der Waals surface area contributed by atoms with E-state index in [1.807, 2.05) is 24.3 Å². The Kier molecular flexibility index (Phi) is 5.29. The molecule has 3 aromatic rings. The molecule has 29 heavy (non-hydrogen) atoms. The molecule has 0 atom stereocenters. The van der Waals surface area contributed by atoms with E-state index in [2.05, 4.69) is 29.6 Å². The summed E-state index contributed by atoms with van der Waals surface area (Å²) >= 11 is 0. The quantitative estimate of drug-likeness (QED) is 0.607. The lowest BCUT2D eigenvalue weighted by Gasteiger charge is -2.14. The first-order valence-electron chi connectivity index (χ1n) is 9.44. The number of nitrogen functional groups attached to an aromatic ring is 1. The molecule has 0 saturated carbocycles. The van der Waals surface area contributed by atoms with Crippen LogP contribution >= 0.6 is 0 Å². The van der Waals surface area contributed by atoms with E-state index in [1.54, 1.807) is 24.3 Å². The Morgan fingerprint density at radius 3 is 2.34 bits per heavy atom. The maximum absolute atomic E-state index is 13.8. The summed E-state index contributed by atoms with van der Waals surface area (Å²) in [6.07, 6.45) is 2.72. The third kappa shape index (κ3) is 3.85. The van der Waals surface area contributed by atoms with Crippen molar-refractivity contribution >= 4 is 17.9 Å². The molecule has 5 heteroatoms. The molecule has 0 unspecified atom stereocenters. The number of anilines is 1. The SMILES string of the molecule is Nc1cccc(C=CCNC(=O)OCC2c3ccccc3-c3ccccc32)c1F. The Bertz CT molecular complexity index is 1030. The Morgan fingerprint density at radius 1 is 1.00 bits per heavy atom. The van der Waals surface area contributed by atoms with E-state index in [4.69, 9.17) is 10.5 Å². The molecular weight excluding hydrogens is 367 g/mol. The fourth-order valence-electron chi connectivity index (χ4n) is 3.67. The standard InChI is InChI=1S/C24H21FN2O2/c25-23-16(7-5-13-22(23)26)8-6-14-27-24(28)29-15-21-19-11-3-1-9-17(19)18-10-2-4-12-20(18)21/h1-13,21H,14-15,26H2,(H,27,28). The number of rotatable bonds is 5. The normalized spacial score (nSPS) is 12.6. The molecular formula is C24H21FN2O2. The van der Waals surface area contributed by atoms with E-state index in [1.165, 1.54) is 28.3 Å². The van der Waals surface area contributed by atoms with Crippen LogP contribution in [0.3, 0.4) is 0 Å². The van der Waals surface area contributed by atoms with Gasteiger partial charge in [-0.15, -0.1) is 0 Å². The zero-order valence-electron chi connectivity index (χ0n) is 15.8. The second-order valence-electron chi connectivity index (χ2n) is 6.86. The fraction of sp³-hybridized carbons (Fsp3) is 0.125. The minimum Gasteiger partial charge on any atom is -0.449 e. The molecule has 0 aromatic heterocycles. The van der Waals surface area contributed by atoms with Crippen molar-refractivity contribution in [3.63, 3.8) is 0 Å². The van der Waals surface area contributed by atoms with Gasteiger partial charge in [0.1, 0.15) is 6.61 Å². The summed E-state index contributed by atoms with van der Waals surface area (Å²) in [6, 6.07) is 21.2. The van der Waals surface area contributed by atoms with E-state index in [0.717, 1.165) is 0 Å². The number of nitrogens with one attached hydrogen (secondary N) is 1. The van der Waals surface area contributed by atoms with Gasteiger partial charge < -0.3 is 15.8 Å². The zero-order valence-corrected chi connectivity index (χ0v) is 15.8. The first kappa shape index (κ1) is 18.7. The maximum atomic E-state index is 13.8. The summed E-state index contributed by atoms with van der Waals surface area (Å²) in [5.74, 6) is -0.449. The van der Waals surface area contributed by atoms with Crippen molar-refractivity contribution in [2.75, 3.05) is 18.9 Å². The Morgan fingerprint density at radius 2 is 1.66 bits per heavy atom. The number of alkyl carbamates (subject to hydrolysis) is 1. The Hall–Kier alpha value is -3.60. The van der Waals surface area contributed by atoms with E-state index in [-0.39, 0.29) is 24.8 Å². The average Bonchev–Trinajstić information content (AvgIpc) is 3.06. The van der Waals surface area contributed by atoms with Crippen molar-refractivity contribution in [1.82, 2.24) is 5.32 Å². The number of carbonyl (C=O) groups is 1. The van der Waals surface area contributed by atoms with Crippen molar-refractivity contribution in [1.29, 1.82) is 0 Å². The highest BCUT2D eigenvalue weighted by Gasteiger charge is 2.28. The molecule has 4 nitrogen and oxygen atoms in total. The molecule has 1 amide bonds. The summed E-state index contributed by atoms with van der Waals surface area (Å²) in [6.45, 7) is 0.484. The number of benzene rings is 3. The number of carbonyl (C=O) groups excluding carboxylic acids is 1. The highest BCUT2D eigenvalue weighted by Crippen LogP contribution is 2.44. The Balaban J connectivity index is 1.34. The summed E-state index contributed by atoms with van der Waals surface area (Å²) < 4.78 is 19.3. The molecule has 3 aromatic carbocycles. The van der Waals surface area contributed by atoms with E-state index >= 15 is 0 Å². The highest BCUT2D eigenvalue weighted by molar-refractivity contribution is 5.79. The lowest BCUT2D eigenvalue weighted by molar-refractivity contribution is 0.144. The predicted molar refractivity (Wildman–Crippen MR) is 113 cm³/mol. The van der Waals surface area contributed by atoms with Crippen LogP contribution < -0.4 is 11.1 Å². The van der Waals surface area contributed by atoms with Crippen LogP contribution in [0, 0.1) is 5.82 Å². The van der Waals surface area contributed by atoms with Gasteiger partial charge in [-0.1, -0.05) is 72.8 Å². The first-order valence-corrected chi connectivity index (χ1v) is 9.44. The van der Waals surface area contributed by atoms with Gasteiger partial charge in [0, 0.05) is 18.0 Å². The molecule has 0 aliphatic heterocycles. The van der Waals surface area contributed by atoms with Gasteiger partial charge >= 0.3 is 6.09 Å². The second kappa shape index (κ2) is 8.19. The zero-order chi connectivity index (χ0) is 20.2. The van der Waals surface area contributed by atoms with Gasteiger partial charge in [-0.3, -0.25) is 0 Å². The van der Waals surface area contributed by atoms with Crippen molar-refractivity contribution in [3.8, 4) is 11.1 Å². The van der Waals surface area contributed by atoms with Crippen LogP contribution in [0.4, 0.5) is 14.9 Å². The molecule has 1 aliphatic rings. The summed E-state index contributed by atoms with van der Waals surface area (Å²) in [5.41, 5.74) is 10.7. The van der Waals surface area contributed by atoms with Crippen LogP contribution in [-0.4, -0.2) is 19.2 Å². The monoisotopic (exact) mass is 388 g/mol. The number of nitrogens with two attached hydrogens (primary N) is 1. The van der Waals surface area contributed by atoms with Crippen LogP contribution in [0.25, 0.3) is 17.2 Å². The lowest BCUT2D eigenvalue weighted by atomic mass is 9.98. The van der Waals surface area contributed by atoms with E-state index in [0.29, 0.717) is 5.56 Å². The molecule has 1 aliphatic carbocycles. The van der Waals surface area contributed by atoms with Gasteiger partial charge in [-0.25, -0.2) is 9.18 Å². The fourth-order valence-corrected chi connectivity index (χ4v) is 3.67. The van der Waals surface area contributed by atoms with Crippen LogP contribution in [0.5, 0.6) is 0 Å². The number of ether oxygens (including phenoxy) is 1.